The summed E-state index contributed by atoms with van der Waals surface area (Å²) >= 11 is 0. The molecular formula is C9H12O3S. The summed E-state index contributed by atoms with van der Waals surface area (Å²) < 4.78 is 27.7. The number of benzene rings is 1. The SMILES string of the molecule is COCCS(=O)(=O)c1ccccc1. The molecule has 0 unspecified atom stereocenters. The van der Waals surface area contributed by atoms with Gasteiger partial charge in [-0.1, -0.05) is 18.2 Å². The molecule has 0 aliphatic rings. The Bertz CT molecular complexity index is 342. The van der Waals surface area contributed by atoms with Gasteiger partial charge in [-0.15, -0.1) is 0 Å². The second-order valence-electron chi connectivity index (χ2n) is 2.62. The second-order valence-corrected chi connectivity index (χ2v) is 4.73. The predicted molar refractivity (Wildman–Crippen MR) is 50.4 cm³/mol. The minimum absolute atomic E-state index is 0.0352. The fraction of sp³-hybridized carbons (Fsp3) is 0.333. The molecule has 0 N–H and O–H groups in total. The minimum atomic E-state index is -3.15. The van der Waals surface area contributed by atoms with Crippen molar-refractivity contribution >= 4 is 9.84 Å². The summed E-state index contributed by atoms with van der Waals surface area (Å²) in [5, 5.41) is 0. The second kappa shape index (κ2) is 4.39. The zero-order valence-corrected chi connectivity index (χ0v) is 8.25. The van der Waals surface area contributed by atoms with Gasteiger partial charge < -0.3 is 4.74 Å². The van der Waals surface area contributed by atoms with Crippen LogP contribution in [0.3, 0.4) is 0 Å². The van der Waals surface area contributed by atoms with Crippen LogP contribution < -0.4 is 0 Å². The van der Waals surface area contributed by atoms with E-state index in [-0.39, 0.29) is 12.4 Å². The molecule has 0 aromatic heterocycles. The van der Waals surface area contributed by atoms with Crippen LogP contribution in [0.1, 0.15) is 0 Å². The highest BCUT2D eigenvalue weighted by Gasteiger charge is 2.12. The Morgan fingerprint density at radius 2 is 1.85 bits per heavy atom. The third-order valence-corrected chi connectivity index (χ3v) is 3.35. The van der Waals surface area contributed by atoms with Crippen molar-refractivity contribution < 1.29 is 13.2 Å². The van der Waals surface area contributed by atoms with E-state index in [9.17, 15) is 8.42 Å². The average Bonchev–Trinajstić information content (AvgIpc) is 2.16. The van der Waals surface area contributed by atoms with E-state index in [1.54, 1.807) is 30.3 Å². The number of methoxy groups -OCH3 is 1. The van der Waals surface area contributed by atoms with Crippen LogP contribution in [0.25, 0.3) is 0 Å². The van der Waals surface area contributed by atoms with Crippen LogP contribution in [0.2, 0.25) is 0 Å². The zero-order valence-electron chi connectivity index (χ0n) is 7.43. The van der Waals surface area contributed by atoms with Gasteiger partial charge in [-0.2, -0.15) is 0 Å². The molecule has 0 bridgehead atoms. The molecule has 1 rings (SSSR count). The van der Waals surface area contributed by atoms with E-state index < -0.39 is 9.84 Å². The maximum absolute atomic E-state index is 11.5. The number of hydrogen-bond donors (Lipinski definition) is 0. The predicted octanol–water partition coefficient (Wildman–Crippen LogP) is 1.11. The Morgan fingerprint density at radius 1 is 1.23 bits per heavy atom. The van der Waals surface area contributed by atoms with Gasteiger partial charge in [0.05, 0.1) is 17.3 Å². The molecule has 0 spiro atoms. The minimum Gasteiger partial charge on any atom is -0.384 e. The molecule has 3 nitrogen and oxygen atoms in total. The molecule has 0 aliphatic heterocycles. The highest BCUT2D eigenvalue weighted by molar-refractivity contribution is 7.91. The van der Waals surface area contributed by atoms with Crippen molar-refractivity contribution in [3.63, 3.8) is 0 Å². The molecule has 72 valence electrons. The van der Waals surface area contributed by atoms with E-state index in [0.717, 1.165) is 0 Å². The third-order valence-electron chi connectivity index (χ3n) is 1.66. The third kappa shape index (κ3) is 2.82. The van der Waals surface area contributed by atoms with Crippen molar-refractivity contribution in [2.24, 2.45) is 0 Å². The molecule has 1 aromatic rings. The molecule has 13 heavy (non-hydrogen) atoms. The van der Waals surface area contributed by atoms with Crippen LogP contribution in [-0.4, -0.2) is 27.9 Å². The monoisotopic (exact) mass is 200 g/mol. The summed E-state index contributed by atoms with van der Waals surface area (Å²) in [5.74, 6) is 0.0352. The number of rotatable bonds is 4. The Labute approximate surface area is 78.3 Å². The van der Waals surface area contributed by atoms with Gasteiger partial charge in [0, 0.05) is 7.11 Å². The number of ether oxygens (including phenoxy) is 1. The Hall–Kier alpha value is -0.870. The highest BCUT2D eigenvalue weighted by atomic mass is 32.2. The molecule has 0 atom stereocenters. The lowest BCUT2D eigenvalue weighted by Crippen LogP contribution is -2.11. The van der Waals surface area contributed by atoms with E-state index in [2.05, 4.69) is 0 Å². The Balaban J connectivity index is 2.83. The lowest BCUT2D eigenvalue weighted by Gasteiger charge is -2.02. The summed E-state index contributed by atoms with van der Waals surface area (Å²) in [6.07, 6.45) is 0. The van der Waals surface area contributed by atoms with Crippen molar-refractivity contribution in [3.05, 3.63) is 30.3 Å². The van der Waals surface area contributed by atoms with E-state index in [4.69, 9.17) is 4.74 Å². The normalized spacial score (nSPS) is 11.5. The van der Waals surface area contributed by atoms with Crippen molar-refractivity contribution in [1.82, 2.24) is 0 Å². The van der Waals surface area contributed by atoms with Gasteiger partial charge in [-0.3, -0.25) is 0 Å². The fourth-order valence-corrected chi connectivity index (χ4v) is 2.13. The molecule has 0 aliphatic carbocycles. The molecule has 0 amide bonds. The number of sulfone groups is 1. The van der Waals surface area contributed by atoms with E-state index >= 15 is 0 Å². The Kier molecular flexibility index (Phi) is 3.45. The van der Waals surface area contributed by atoms with Gasteiger partial charge in [-0.25, -0.2) is 8.42 Å². The smallest absolute Gasteiger partial charge is 0.180 e. The van der Waals surface area contributed by atoms with Crippen LogP contribution in [0.5, 0.6) is 0 Å². The standard InChI is InChI=1S/C9H12O3S/c1-12-7-8-13(10,11)9-5-3-2-4-6-9/h2-6H,7-8H2,1H3. The first-order valence-electron chi connectivity index (χ1n) is 3.93. The number of hydrogen-bond acceptors (Lipinski definition) is 3. The van der Waals surface area contributed by atoms with E-state index in [1.165, 1.54) is 7.11 Å². The lowest BCUT2D eigenvalue weighted by molar-refractivity contribution is 0.217. The van der Waals surface area contributed by atoms with Crippen LogP contribution in [-0.2, 0) is 14.6 Å². The van der Waals surface area contributed by atoms with Gasteiger partial charge in [0.25, 0.3) is 0 Å². The zero-order chi connectivity index (χ0) is 9.73. The van der Waals surface area contributed by atoms with Gasteiger partial charge in [0.15, 0.2) is 9.84 Å². The van der Waals surface area contributed by atoms with Crippen molar-refractivity contribution in [3.8, 4) is 0 Å². The molecular weight excluding hydrogens is 188 g/mol. The first-order valence-corrected chi connectivity index (χ1v) is 5.59. The summed E-state index contributed by atoms with van der Waals surface area (Å²) in [5.41, 5.74) is 0. The lowest BCUT2D eigenvalue weighted by atomic mass is 10.4. The summed E-state index contributed by atoms with van der Waals surface area (Å²) in [6.45, 7) is 0.233. The molecule has 1 aromatic carbocycles. The van der Waals surface area contributed by atoms with Crippen molar-refractivity contribution in [2.45, 2.75) is 4.90 Å². The Morgan fingerprint density at radius 3 is 2.38 bits per heavy atom. The molecule has 0 radical (unpaired) electrons. The molecule has 0 saturated heterocycles. The van der Waals surface area contributed by atoms with Gasteiger partial charge in [0.2, 0.25) is 0 Å². The van der Waals surface area contributed by atoms with Gasteiger partial charge in [-0.05, 0) is 12.1 Å². The quantitative estimate of drug-likeness (QED) is 0.731. The maximum Gasteiger partial charge on any atom is 0.180 e. The summed E-state index contributed by atoms with van der Waals surface area (Å²) in [6, 6.07) is 8.38. The van der Waals surface area contributed by atoms with Crippen LogP contribution in [0.15, 0.2) is 35.2 Å². The van der Waals surface area contributed by atoms with Gasteiger partial charge >= 0.3 is 0 Å². The highest BCUT2D eigenvalue weighted by Crippen LogP contribution is 2.09. The van der Waals surface area contributed by atoms with Crippen molar-refractivity contribution in [2.75, 3.05) is 19.5 Å². The molecule has 0 fully saturated rings. The molecule has 4 heteroatoms. The van der Waals surface area contributed by atoms with Crippen LogP contribution in [0, 0.1) is 0 Å². The van der Waals surface area contributed by atoms with E-state index in [1.807, 2.05) is 0 Å². The first kappa shape index (κ1) is 10.2. The molecule has 0 saturated carbocycles. The van der Waals surface area contributed by atoms with E-state index in [0.29, 0.717) is 4.90 Å². The molecule has 0 heterocycles. The summed E-state index contributed by atoms with van der Waals surface area (Å²) in [7, 11) is -1.66. The topological polar surface area (TPSA) is 43.4 Å². The van der Waals surface area contributed by atoms with Gasteiger partial charge in [0.1, 0.15) is 0 Å². The first-order chi connectivity index (χ1) is 6.17. The van der Waals surface area contributed by atoms with Crippen molar-refractivity contribution in [1.29, 1.82) is 0 Å². The maximum atomic E-state index is 11.5. The summed E-state index contributed by atoms with van der Waals surface area (Å²) in [4.78, 5) is 0.354. The van der Waals surface area contributed by atoms with Crippen LogP contribution in [0.4, 0.5) is 0 Å². The average molecular weight is 200 g/mol. The fourth-order valence-electron chi connectivity index (χ4n) is 0.939. The van der Waals surface area contributed by atoms with Crippen LogP contribution >= 0.6 is 0 Å². The largest absolute Gasteiger partial charge is 0.384 e.